The van der Waals surface area contributed by atoms with Crippen LogP contribution in [0, 0.1) is 10.1 Å². The molecule has 8 nitrogen and oxygen atoms in total. The minimum Gasteiger partial charge on any atom is -0.481 e. The molecular formula is C11H12N4O4S2. The second kappa shape index (κ2) is 6.22. The van der Waals surface area contributed by atoms with Gasteiger partial charge in [-0.2, -0.15) is 5.10 Å². The number of aryl methyl sites for hydroxylation is 2. The number of thiazole rings is 1. The highest BCUT2D eigenvalue weighted by atomic mass is 32.2. The van der Waals surface area contributed by atoms with Gasteiger partial charge in [0.2, 0.25) is 0 Å². The van der Waals surface area contributed by atoms with E-state index >= 15 is 0 Å². The molecule has 0 spiro atoms. The molecule has 0 aromatic carbocycles. The Labute approximate surface area is 128 Å². The van der Waals surface area contributed by atoms with Gasteiger partial charge in [0, 0.05) is 12.4 Å². The largest absolute Gasteiger partial charge is 0.481 e. The molecule has 0 radical (unpaired) electrons. The third kappa shape index (κ3) is 3.39. The van der Waals surface area contributed by atoms with E-state index in [4.69, 9.17) is 5.11 Å². The summed E-state index contributed by atoms with van der Waals surface area (Å²) < 4.78 is 2.01. The number of nitro groups is 1. The predicted molar refractivity (Wildman–Crippen MR) is 76.8 cm³/mol. The number of aliphatic carboxylic acids is 1. The molecule has 10 heteroatoms. The summed E-state index contributed by atoms with van der Waals surface area (Å²) in [5, 5.41) is 26.1. The van der Waals surface area contributed by atoms with E-state index in [1.54, 1.807) is 19.4 Å². The fourth-order valence-electron chi connectivity index (χ4n) is 1.74. The van der Waals surface area contributed by atoms with Crippen molar-refractivity contribution in [1.29, 1.82) is 0 Å². The zero-order chi connectivity index (χ0) is 15.6. The van der Waals surface area contributed by atoms with Crippen LogP contribution in [0.5, 0.6) is 0 Å². The number of hydrogen-bond donors (Lipinski definition) is 1. The molecule has 0 fully saturated rings. The van der Waals surface area contributed by atoms with E-state index in [2.05, 4.69) is 10.1 Å². The highest BCUT2D eigenvalue weighted by Gasteiger charge is 2.27. The Hall–Kier alpha value is -1.94. The summed E-state index contributed by atoms with van der Waals surface area (Å²) in [7, 11) is 1.64. The molecular weight excluding hydrogens is 316 g/mol. The molecule has 21 heavy (non-hydrogen) atoms. The maximum Gasteiger partial charge on any atom is 0.324 e. The highest BCUT2D eigenvalue weighted by Crippen LogP contribution is 2.38. The number of carboxylic acids is 1. The van der Waals surface area contributed by atoms with E-state index in [0.717, 1.165) is 11.8 Å². The minimum atomic E-state index is -0.961. The lowest BCUT2D eigenvalue weighted by molar-refractivity contribution is -0.388. The average Bonchev–Trinajstić information content (AvgIpc) is 2.94. The van der Waals surface area contributed by atoms with E-state index in [0.29, 0.717) is 27.2 Å². The van der Waals surface area contributed by atoms with E-state index in [9.17, 15) is 14.9 Å². The number of nitrogens with zero attached hydrogens (tertiary/aromatic N) is 4. The summed E-state index contributed by atoms with van der Waals surface area (Å²) in [5.74, 6) is -0.961. The number of carboxylic acid groups (broad SMARTS) is 1. The van der Waals surface area contributed by atoms with Crippen LogP contribution in [0.2, 0.25) is 0 Å². The number of aromatic nitrogens is 3. The topological polar surface area (TPSA) is 111 Å². The van der Waals surface area contributed by atoms with Gasteiger partial charge in [-0.15, -0.1) is 11.3 Å². The van der Waals surface area contributed by atoms with Crippen LogP contribution >= 0.6 is 23.1 Å². The van der Waals surface area contributed by atoms with Gasteiger partial charge >= 0.3 is 11.7 Å². The molecule has 2 aromatic heterocycles. The van der Waals surface area contributed by atoms with E-state index in [-0.39, 0.29) is 12.1 Å². The maximum atomic E-state index is 11.2. The van der Waals surface area contributed by atoms with Crippen molar-refractivity contribution in [3.8, 4) is 0 Å². The molecule has 2 aromatic rings. The smallest absolute Gasteiger partial charge is 0.324 e. The lowest BCUT2D eigenvalue weighted by Gasteiger charge is -1.97. The zero-order valence-electron chi connectivity index (χ0n) is 11.3. The van der Waals surface area contributed by atoms with Crippen LogP contribution in [0.3, 0.4) is 0 Å². The van der Waals surface area contributed by atoms with Crippen LogP contribution in [0.4, 0.5) is 5.69 Å². The molecule has 0 amide bonds. The second-order valence-electron chi connectivity index (χ2n) is 4.11. The van der Waals surface area contributed by atoms with Crippen molar-refractivity contribution in [2.75, 3.05) is 0 Å². The number of hydrogen-bond acceptors (Lipinski definition) is 7. The Balaban J connectivity index is 2.31. The van der Waals surface area contributed by atoms with Gasteiger partial charge in [0.1, 0.15) is 5.69 Å². The van der Waals surface area contributed by atoms with E-state index in [1.165, 1.54) is 16.0 Å². The molecule has 2 heterocycles. The Kier molecular flexibility index (Phi) is 4.58. The SMILES string of the molecule is CCc1nn(C)c(Sc2nc(CC(=O)O)cs2)c1[N+](=O)[O-]. The molecule has 0 saturated heterocycles. The summed E-state index contributed by atoms with van der Waals surface area (Å²) in [6.07, 6.45) is 0.303. The van der Waals surface area contributed by atoms with Crippen molar-refractivity contribution in [1.82, 2.24) is 14.8 Å². The number of carbonyl (C=O) groups is 1. The fourth-order valence-corrected chi connectivity index (χ4v) is 3.65. The second-order valence-corrected chi connectivity index (χ2v) is 6.21. The van der Waals surface area contributed by atoms with Gasteiger partial charge in [0.05, 0.1) is 17.0 Å². The van der Waals surface area contributed by atoms with Crippen molar-refractivity contribution < 1.29 is 14.8 Å². The lowest BCUT2D eigenvalue weighted by atomic mass is 10.3. The van der Waals surface area contributed by atoms with Gasteiger partial charge in [0.15, 0.2) is 9.37 Å². The summed E-state index contributed by atoms with van der Waals surface area (Å²) in [4.78, 5) is 25.5. The molecule has 0 aliphatic rings. The van der Waals surface area contributed by atoms with Gasteiger partial charge in [-0.25, -0.2) is 4.98 Å². The standard InChI is InChI=1S/C11H12N4O4S2/c1-3-7-9(15(18)19)10(14(2)13-7)21-11-12-6(5-20-11)4-8(16)17/h5H,3-4H2,1-2H3,(H,16,17). The normalized spacial score (nSPS) is 10.8. The third-order valence-electron chi connectivity index (χ3n) is 2.61. The summed E-state index contributed by atoms with van der Waals surface area (Å²) in [6, 6.07) is 0. The van der Waals surface area contributed by atoms with E-state index in [1.807, 2.05) is 0 Å². The predicted octanol–water partition coefficient (Wildman–Crippen LogP) is 2.13. The van der Waals surface area contributed by atoms with Crippen LogP contribution in [0.25, 0.3) is 0 Å². The number of rotatable bonds is 6. The molecule has 0 saturated carbocycles. The van der Waals surface area contributed by atoms with Crippen molar-refractivity contribution in [3.05, 3.63) is 26.9 Å². The molecule has 1 N–H and O–H groups in total. The first-order valence-corrected chi connectivity index (χ1v) is 7.66. The lowest BCUT2D eigenvalue weighted by Crippen LogP contribution is -2.00. The summed E-state index contributed by atoms with van der Waals surface area (Å²) >= 11 is 2.38. The molecule has 0 atom stereocenters. The van der Waals surface area contributed by atoms with Crippen LogP contribution in [0.1, 0.15) is 18.3 Å². The third-order valence-corrected chi connectivity index (χ3v) is 4.74. The molecule has 0 bridgehead atoms. The molecule has 2 rings (SSSR count). The monoisotopic (exact) mass is 328 g/mol. The van der Waals surface area contributed by atoms with Gasteiger partial charge in [-0.1, -0.05) is 6.92 Å². The van der Waals surface area contributed by atoms with Gasteiger partial charge in [-0.05, 0) is 18.2 Å². The van der Waals surface area contributed by atoms with Gasteiger partial charge in [0.25, 0.3) is 0 Å². The first-order valence-electron chi connectivity index (χ1n) is 5.96. The van der Waals surface area contributed by atoms with Crippen molar-refractivity contribution >= 4 is 34.8 Å². The average molecular weight is 328 g/mol. The Morgan fingerprint density at radius 2 is 2.33 bits per heavy atom. The van der Waals surface area contributed by atoms with Crippen LogP contribution in [-0.2, 0) is 24.7 Å². The van der Waals surface area contributed by atoms with Crippen molar-refractivity contribution in [2.24, 2.45) is 7.05 Å². The fraction of sp³-hybridized carbons (Fsp3) is 0.364. The van der Waals surface area contributed by atoms with Crippen LogP contribution in [-0.4, -0.2) is 30.8 Å². The van der Waals surface area contributed by atoms with Crippen LogP contribution < -0.4 is 0 Å². The molecule has 0 unspecified atom stereocenters. The Morgan fingerprint density at radius 1 is 1.62 bits per heavy atom. The quantitative estimate of drug-likeness (QED) is 0.638. The Morgan fingerprint density at radius 3 is 2.90 bits per heavy atom. The summed E-state index contributed by atoms with van der Waals surface area (Å²) in [5.41, 5.74) is 0.850. The van der Waals surface area contributed by atoms with Crippen molar-refractivity contribution in [2.45, 2.75) is 29.1 Å². The molecule has 112 valence electrons. The zero-order valence-corrected chi connectivity index (χ0v) is 12.9. The first kappa shape index (κ1) is 15.4. The first-order chi connectivity index (χ1) is 9.92. The molecule has 0 aliphatic carbocycles. The minimum absolute atomic E-state index is 0.0139. The van der Waals surface area contributed by atoms with Crippen molar-refractivity contribution in [3.63, 3.8) is 0 Å². The molecule has 0 aliphatic heterocycles. The van der Waals surface area contributed by atoms with E-state index < -0.39 is 10.9 Å². The highest BCUT2D eigenvalue weighted by molar-refractivity contribution is 8.01. The maximum absolute atomic E-state index is 11.2. The van der Waals surface area contributed by atoms with Gasteiger partial charge < -0.3 is 5.11 Å². The van der Waals surface area contributed by atoms with Crippen LogP contribution in [0.15, 0.2) is 14.7 Å². The summed E-state index contributed by atoms with van der Waals surface area (Å²) in [6.45, 7) is 1.80. The van der Waals surface area contributed by atoms with Gasteiger partial charge in [-0.3, -0.25) is 19.6 Å². The Bertz CT molecular complexity index is 694.